The van der Waals surface area contributed by atoms with Crippen LogP contribution in [-0.2, 0) is 4.74 Å². The molecule has 1 heterocycles. The summed E-state index contributed by atoms with van der Waals surface area (Å²) in [6.45, 7) is 0.955. The van der Waals surface area contributed by atoms with Crippen LogP contribution in [0.4, 0.5) is 15.8 Å². The Balaban J connectivity index is 2.35. The van der Waals surface area contributed by atoms with Gasteiger partial charge in [0, 0.05) is 4.47 Å². The van der Waals surface area contributed by atoms with Gasteiger partial charge in [0.15, 0.2) is 0 Å². The summed E-state index contributed by atoms with van der Waals surface area (Å²) in [7, 11) is 0. The Kier molecular flexibility index (Phi) is 3.06. The second kappa shape index (κ2) is 4.34. The van der Waals surface area contributed by atoms with Crippen molar-refractivity contribution in [2.45, 2.75) is 6.04 Å². The third kappa shape index (κ3) is 2.14. The van der Waals surface area contributed by atoms with E-state index in [1.54, 1.807) is 0 Å². The van der Waals surface area contributed by atoms with Gasteiger partial charge in [0.25, 0.3) is 0 Å². The van der Waals surface area contributed by atoms with Crippen LogP contribution in [0, 0.1) is 15.9 Å². The Hall–Kier alpha value is -1.21. The molecule has 5 nitrogen and oxygen atoms in total. The molecule has 0 radical (unpaired) electrons. The van der Waals surface area contributed by atoms with E-state index in [0.29, 0.717) is 17.7 Å². The predicted molar refractivity (Wildman–Crippen MR) is 59.0 cm³/mol. The van der Waals surface area contributed by atoms with Crippen LogP contribution in [0.3, 0.4) is 0 Å². The zero-order chi connectivity index (χ0) is 11.7. The third-order valence-corrected chi connectivity index (χ3v) is 2.67. The van der Waals surface area contributed by atoms with E-state index in [9.17, 15) is 14.5 Å². The van der Waals surface area contributed by atoms with Gasteiger partial charge < -0.3 is 10.1 Å². The summed E-state index contributed by atoms with van der Waals surface area (Å²) in [5.41, 5.74) is -0.361. The van der Waals surface area contributed by atoms with Crippen molar-refractivity contribution in [3.8, 4) is 0 Å². The largest absolute Gasteiger partial charge is 0.377 e. The van der Waals surface area contributed by atoms with Crippen molar-refractivity contribution in [1.82, 2.24) is 0 Å². The smallest absolute Gasteiger partial charge is 0.327 e. The van der Waals surface area contributed by atoms with E-state index in [1.807, 2.05) is 0 Å². The molecule has 16 heavy (non-hydrogen) atoms. The van der Waals surface area contributed by atoms with E-state index in [1.165, 1.54) is 6.07 Å². The van der Waals surface area contributed by atoms with Gasteiger partial charge in [-0.2, -0.15) is 4.39 Å². The number of benzene rings is 1. The highest BCUT2D eigenvalue weighted by atomic mass is 79.9. The Labute approximate surface area is 98.9 Å². The first-order valence-electron chi connectivity index (χ1n) is 4.55. The molecule has 0 atom stereocenters. The first-order valence-corrected chi connectivity index (χ1v) is 5.35. The maximum atomic E-state index is 13.4. The fourth-order valence-electron chi connectivity index (χ4n) is 1.40. The molecule has 1 saturated heterocycles. The molecular weight excluding hydrogens is 283 g/mol. The molecule has 0 aromatic heterocycles. The SMILES string of the molecule is O=[N+]([O-])c1c(F)cc(Br)cc1NC1COC1. The van der Waals surface area contributed by atoms with Crippen molar-refractivity contribution in [3.05, 3.63) is 32.5 Å². The summed E-state index contributed by atoms with van der Waals surface area (Å²) >= 11 is 3.09. The number of nitro groups is 1. The Morgan fingerprint density at radius 1 is 1.56 bits per heavy atom. The zero-order valence-electron chi connectivity index (χ0n) is 8.07. The molecule has 1 aliphatic rings. The van der Waals surface area contributed by atoms with E-state index in [2.05, 4.69) is 21.2 Å². The molecule has 7 heteroatoms. The topological polar surface area (TPSA) is 64.4 Å². The average Bonchev–Trinajstić information content (AvgIpc) is 2.09. The van der Waals surface area contributed by atoms with E-state index in [4.69, 9.17) is 4.74 Å². The number of hydrogen-bond acceptors (Lipinski definition) is 4. The number of rotatable bonds is 3. The lowest BCUT2D eigenvalue weighted by molar-refractivity contribution is -0.386. The second-order valence-corrected chi connectivity index (χ2v) is 4.34. The summed E-state index contributed by atoms with van der Waals surface area (Å²) in [6, 6.07) is 2.56. The molecule has 1 aromatic rings. The van der Waals surface area contributed by atoms with Crippen molar-refractivity contribution in [3.63, 3.8) is 0 Å². The van der Waals surface area contributed by atoms with E-state index < -0.39 is 16.4 Å². The van der Waals surface area contributed by atoms with Crippen molar-refractivity contribution in [2.24, 2.45) is 0 Å². The molecule has 0 bridgehead atoms. The van der Waals surface area contributed by atoms with E-state index in [0.717, 1.165) is 6.07 Å². The number of halogens is 2. The summed E-state index contributed by atoms with van der Waals surface area (Å²) < 4.78 is 18.8. The molecule has 86 valence electrons. The first kappa shape index (κ1) is 11.3. The monoisotopic (exact) mass is 290 g/mol. The minimum atomic E-state index is -0.859. The molecule has 0 saturated carbocycles. The Bertz CT molecular complexity index is 437. The standard InChI is InChI=1S/C9H8BrFN2O3/c10-5-1-7(11)9(13(14)15)8(2-5)12-6-3-16-4-6/h1-2,6,12H,3-4H2. The van der Waals surface area contributed by atoms with Gasteiger partial charge >= 0.3 is 5.69 Å². The molecular formula is C9H8BrFN2O3. The maximum absolute atomic E-state index is 13.4. The minimum absolute atomic E-state index is 0.00685. The van der Waals surface area contributed by atoms with Crippen molar-refractivity contribution >= 4 is 27.3 Å². The van der Waals surface area contributed by atoms with Crippen LogP contribution in [0.15, 0.2) is 16.6 Å². The molecule has 0 amide bonds. The van der Waals surface area contributed by atoms with Crippen molar-refractivity contribution in [1.29, 1.82) is 0 Å². The van der Waals surface area contributed by atoms with Gasteiger partial charge in [-0.15, -0.1) is 0 Å². The van der Waals surface area contributed by atoms with Crippen molar-refractivity contribution in [2.75, 3.05) is 18.5 Å². The average molecular weight is 291 g/mol. The van der Waals surface area contributed by atoms with Gasteiger partial charge in [-0.1, -0.05) is 15.9 Å². The fourth-order valence-corrected chi connectivity index (χ4v) is 1.83. The highest BCUT2D eigenvalue weighted by molar-refractivity contribution is 9.10. The Morgan fingerprint density at radius 3 is 2.75 bits per heavy atom. The van der Waals surface area contributed by atoms with Crippen LogP contribution in [0.25, 0.3) is 0 Å². The van der Waals surface area contributed by atoms with Gasteiger partial charge in [-0.05, 0) is 12.1 Å². The van der Waals surface area contributed by atoms with Crippen LogP contribution >= 0.6 is 15.9 Å². The van der Waals surface area contributed by atoms with Gasteiger partial charge in [-0.3, -0.25) is 10.1 Å². The number of ether oxygens (including phenoxy) is 1. The molecule has 2 rings (SSSR count). The second-order valence-electron chi connectivity index (χ2n) is 3.42. The van der Waals surface area contributed by atoms with Crippen LogP contribution in [-0.4, -0.2) is 24.2 Å². The van der Waals surface area contributed by atoms with E-state index in [-0.39, 0.29) is 11.7 Å². The highest BCUT2D eigenvalue weighted by Gasteiger charge is 2.26. The number of nitrogens with zero attached hydrogens (tertiary/aromatic N) is 1. The summed E-state index contributed by atoms with van der Waals surface area (Å²) in [5, 5.41) is 13.6. The lowest BCUT2D eigenvalue weighted by Crippen LogP contribution is -2.40. The third-order valence-electron chi connectivity index (χ3n) is 2.21. The van der Waals surface area contributed by atoms with Gasteiger partial charge in [-0.25, -0.2) is 0 Å². The van der Waals surface area contributed by atoms with Crippen LogP contribution in [0.1, 0.15) is 0 Å². The quantitative estimate of drug-likeness (QED) is 0.685. The van der Waals surface area contributed by atoms with Gasteiger partial charge in [0.2, 0.25) is 5.82 Å². The summed E-state index contributed by atoms with van der Waals surface area (Å²) in [6.07, 6.45) is 0. The highest BCUT2D eigenvalue weighted by Crippen LogP contribution is 2.32. The van der Waals surface area contributed by atoms with E-state index >= 15 is 0 Å². The minimum Gasteiger partial charge on any atom is -0.377 e. The lowest BCUT2D eigenvalue weighted by atomic mass is 10.2. The molecule has 1 aromatic carbocycles. The van der Waals surface area contributed by atoms with Crippen LogP contribution in [0.5, 0.6) is 0 Å². The normalized spacial score (nSPS) is 15.6. The molecule has 1 N–H and O–H groups in total. The zero-order valence-corrected chi connectivity index (χ0v) is 9.66. The number of nitro benzene ring substituents is 1. The number of anilines is 1. The van der Waals surface area contributed by atoms with Crippen molar-refractivity contribution < 1.29 is 14.1 Å². The first-order chi connectivity index (χ1) is 7.58. The number of hydrogen-bond donors (Lipinski definition) is 1. The molecule has 1 aliphatic heterocycles. The number of nitrogens with one attached hydrogen (secondary N) is 1. The molecule has 0 aliphatic carbocycles. The van der Waals surface area contributed by atoms with Crippen LogP contribution in [0.2, 0.25) is 0 Å². The fraction of sp³-hybridized carbons (Fsp3) is 0.333. The lowest BCUT2D eigenvalue weighted by Gasteiger charge is -2.27. The van der Waals surface area contributed by atoms with Gasteiger partial charge in [0.05, 0.1) is 24.2 Å². The Morgan fingerprint density at radius 2 is 2.25 bits per heavy atom. The molecule has 1 fully saturated rings. The predicted octanol–water partition coefficient (Wildman–Crippen LogP) is 2.31. The summed E-state index contributed by atoms with van der Waals surface area (Å²) in [5.74, 6) is -0.859. The molecule has 0 spiro atoms. The maximum Gasteiger partial charge on any atom is 0.327 e. The van der Waals surface area contributed by atoms with Gasteiger partial charge in [0.1, 0.15) is 5.69 Å². The molecule has 0 unspecified atom stereocenters. The summed E-state index contributed by atoms with van der Waals surface area (Å²) in [4.78, 5) is 9.99. The van der Waals surface area contributed by atoms with Crippen LogP contribution < -0.4 is 5.32 Å².